The zero-order valence-electron chi connectivity index (χ0n) is 13.0. The van der Waals surface area contributed by atoms with Crippen LogP contribution in [-0.4, -0.2) is 24.9 Å². The maximum Gasteiger partial charge on any atom is 0.387 e. The molecule has 0 aliphatic heterocycles. The highest BCUT2D eigenvalue weighted by Gasteiger charge is 2.18. The summed E-state index contributed by atoms with van der Waals surface area (Å²) in [4.78, 5) is 11.8. The molecule has 0 atom stereocenters. The Labute approximate surface area is 146 Å². The minimum atomic E-state index is -3.95. The van der Waals surface area contributed by atoms with E-state index in [9.17, 15) is 22.0 Å². The molecule has 0 aliphatic carbocycles. The molecule has 2 aromatic heterocycles. The van der Waals surface area contributed by atoms with Gasteiger partial charge in [0.05, 0.1) is 16.8 Å². The molecule has 0 spiro atoms. The number of halogens is 2. The lowest BCUT2D eigenvalue weighted by Crippen LogP contribution is -2.12. The molecule has 1 aromatic carbocycles. The molecule has 2 heterocycles. The molecular formula is C16H12F2N2O5S. The van der Waals surface area contributed by atoms with Crippen molar-refractivity contribution in [2.45, 2.75) is 11.5 Å². The Morgan fingerprint density at radius 1 is 1.15 bits per heavy atom. The third-order valence-corrected chi connectivity index (χ3v) is 4.94. The summed E-state index contributed by atoms with van der Waals surface area (Å²) in [6.45, 7) is -3.00. The average molecular weight is 382 g/mol. The second-order valence-electron chi connectivity index (χ2n) is 5.02. The summed E-state index contributed by atoms with van der Waals surface area (Å²) in [6, 6.07) is 8.96. The fraction of sp³-hybridized carbons (Fsp3) is 0.0625. The van der Waals surface area contributed by atoms with Gasteiger partial charge >= 0.3 is 6.61 Å². The predicted molar refractivity (Wildman–Crippen MR) is 86.8 cm³/mol. The standard InChI is InChI=1S/C16H12F2N2O5S/c17-16(18)25-12-3-5-13(6-4-12)26(22,23)20-8-7-11(10-20)19-15(21)14-2-1-9-24-14/h1-10,16H,(H,19,21). The first-order valence-electron chi connectivity index (χ1n) is 7.19. The minimum Gasteiger partial charge on any atom is -0.459 e. The quantitative estimate of drug-likeness (QED) is 0.707. The molecule has 3 aromatic rings. The van der Waals surface area contributed by atoms with Crippen LogP contribution < -0.4 is 10.1 Å². The first-order chi connectivity index (χ1) is 12.4. The van der Waals surface area contributed by atoms with E-state index in [0.29, 0.717) is 0 Å². The Morgan fingerprint density at radius 3 is 2.50 bits per heavy atom. The van der Waals surface area contributed by atoms with Crippen molar-refractivity contribution in [1.82, 2.24) is 3.97 Å². The average Bonchev–Trinajstić information content (AvgIpc) is 3.26. The molecule has 136 valence electrons. The molecule has 0 radical (unpaired) electrons. The van der Waals surface area contributed by atoms with Crippen LogP contribution >= 0.6 is 0 Å². The van der Waals surface area contributed by atoms with Gasteiger partial charge < -0.3 is 14.5 Å². The van der Waals surface area contributed by atoms with Crippen molar-refractivity contribution >= 4 is 21.6 Å². The molecule has 1 N–H and O–H groups in total. The SMILES string of the molecule is O=C(Nc1ccn(S(=O)(=O)c2ccc(OC(F)F)cc2)c1)c1ccco1. The number of furan rings is 1. The number of hydrogen-bond acceptors (Lipinski definition) is 5. The van der Waals surface area contributed by atoms with Crippen LogP contribution in [0.25, 0.3) is 0 Å². The van der Waals surface area contributed by atoms with Gasteiger partial charge in [-0.05, 0) is 42.5 Å². The topological polar surface area (TPSA) is 90.5 Å². The van der Waals surface area contributed by atoms with Gasteiger partial charge in [-0.3, -0.25) is 4.79 Å². The number of nitrogens with zero attached hydrogens (tertiary/aromatic N) is 1. The number of nitrogens with one attached hydrogen (secondary N) is 1. The number of ether oxygens (including phenoxy) is 1. The molecule has 0 saturated heterocycles. The van der Waals surface area contributed by atoms with Gasteiger partial charge in [-0.25, -0.2) is 12.4 Å². The van der Waals surface area contributed by atoms with Gasteiger partial charge in [-0.15, -0.1) is 0 Å². The largest absolute Gasteiger partial charge is 0.459 e. The Bertz CT molecular complexity index is 996. The minimum absolute atomic E-state index is 0.0789. The van der Waals surface area contributed by atoms with Gasteiger partial charge in [0.15, 0.2) is 5.76 Å². The van der Waals surface area contributed by atoms with Gasteiger partial charge in [0.1, 0.15) is 5.75 Å². The maximum absolute atomic E-state index is 12.5. The van der Waals surface area contributed by atoms with E-state index in [0.717, 1.165) is 28.2 Å². The van der Waals surface area contributed by atoms with Crippen LogP contribution in [0.2, 0.25) is 0 Å². The molecule has 0 fully saturated rings. The lowest BCUT2D eigenvalue weighted by atomic mass is 10.3. The smallest absolute Gasteiger partial charge is 0.387 e. The Morgan fingerprint density at radius 2 is 1.88 bits per heavy atom. The van der Waals surface area contributed by atoms with Crippen LogP contribution in [0.4, 0.5) is 14.5 Å². The molecule has 3 rings (SSSR count). The third kappa shape index (κ3) is 3.75. The van der Waals surface area contributed by atoms with Crippen molar-refractivity contribution in [2.24, 2.45) is 0 Å². The maximum atomic E-state index is 12.5. The summed E-state index contributed by atoms with van der Waals surface area (Å²) >= 11 is 0. The van der Waals surface area contributed by atoms with Crippen molar-refractivity contribution in [2.75, 3.05) is 5.32 Å². The molecule has 0 saturated carbocycles. The number of benzene rings is 1. The molecule has 0 bridgehead atoms. The molecule has 26 heavy (non-hydrogen) atoms. The van der Waals surface area contributed by atoms with Crippen molar-refractivity contribution in [3.8, 4) is 5.75 Å². The highest BCUT2D eigenvalue weighted by molar-refractivity contribution is 7.90. The summed E-state index contributed by atoms with van der Waals surface area (Å²) < 4.78 is 59.4. The molecule has 1 amide bonds. The van der Waals surface area contributed by atoms with Gasteiger partial charge in [0.25, 0.3) is 15.9 Å². The number of hydrogen-bond donors (Lipinski definition) is 1. The summed E-state index contributed by atoms with van der Waals surface area (Å²) in [7, 11) is -3.95. The zero-order chi connectivity index (χ0) is 18.7. The monoisotopic (exact) mass is 382 g/mol. The van der Waals surface area contributed by atoms with E-state index in [1.807, 2.05) is 0 Å². The number of rotatable bonds is 6. The molecule has 7 nitrogen and oxygen atoms in total. The van der Waals surface area contributed by atoms with Crippen LogP contribution in [0.3, 0.4) is 0 Å². The van der Waals surface area contributed by atoms with Crippen LogP contribution in [0.1, 0.15) is 10.6 Å². The third-order valence-electron chi connectivity index (χ3n) is 3.29. The summed E-state index contributed by atoms with van der Waals surface area (Å²) in [5.74, 6) is -0.605. The summed E-state index contributed by atoms with van der Waals surface area (Å²) in [6.07, 6.45) is 3.79. The second-order valence-corrected chi connectivity index (χ2v) is 6.86. The predicted octanol–water partition coefficient (Wildman–Crippen LogP) is 3.17. The van der Waals surface area contributed by atoms with Crippen molar-refractivity contribution in [3.63, 3.8) is 0 Å². The first-order valence-corrected chi connectivity index (χ1v) is 8.63. The summed E-state index contributed by atoms with van der Waals surface area (Å²) in [5.41, 5.74) is 0.243. The number of alkyl halides is 2. The second kappa shape index (κ2) is 7.00. The Balaban J connectivity index is 1.78. The number of anilines is 1. The number of aromatic nitrogens is 1. The fourth-order valence-electron chi connectivity index (χ4n) is 2.12. The molecule has 0 unspecified atom stereocenters. The van der Waals surface area contributed by atoms with Gasteiger partial charge in [-0.2, -0.15) is 8.78 Å². The van der Waals surface area contributed by atoms with Crippen molar-refractivity contribution < 1.29 is 31.1 Å². The van der Waals surface area contributed by atoms with Gasteiger partial charge in [0.2, 0.25) is 0 Å². The highest BCUT2D eigenvalue weighted by Crippen LogP contribution is 2.21. The van der Waals surface area contributed by atoms with Crippen LogP contribution in [0, 0.1) is 0 Å². The molecular weight excluding hydrogens is 370 g/mol. The van der Waals surface area contributed by atoms with E-state index in [4.69, 9.17) is 4.42 Å². The van der Waals surface area contributed by atoms with E-state index >= 15 is 0 Å². The lowest BCUT2D eigenvalue weighted by molar-refractivity contribution is -0.0498. The number of carbonyl (C=O) groups is 1. The first kappa shape index (κ1) is 17.7. The van der Waals surface area contributed by atoms with Crippen molar-refractivity contribution in [3.05, 3.63) is 66.9 Å². The molecule has 10 heteroatoms. The number of amides is 1. The van der Waals surface area contributed by atoms with E-state index in [1.165, 1.54) is 30.8 Å². The van der Waals surface area contributed by atoms with E-state index in [1.54, 1.807) is 6.07 Å². The van der Waals surface area contributed by atoms with Gasteiger partial charge in [0, 0.05) is 12.4 Å². The Kier molecular flexibility index (Phi) is 4.76. The number of carbonyl (C=O) groups excluding carboxylic acids is 1. The van der Waals surface area contributed by atoms with Crippen LogP contribution in [0.15, 0.2) is 70.4 Å². The highest BCUT2D eigenvalue weighted by atomic mass is 32.2. The lowest BCUT2D eigenvalue weighted by Gasteiger charge is -2.08. The van der Waals surface area contributed by atoms with E-state index < -0.39 is 22.5 Å². The van der Waals surface area contributed by atoms with E-state index in [2.05, 4.69) is 10.1 Å². The van der Waals surface area contributed by atoms with Crippen LogP contribution in [-0.2, 0) is 10.0 Å². The van der Waals surface area contributed by atoms with Crippen molar-refractivity contribution in [1.29, 1.82) is 0 Å². The summed E-state index contributed by atoms with van der Waals surface area (Å²) in [5, 5.41) is 2.50. The molecule has 0 aliphatic rings. The van der Waals surface area contributed by atoms with Gasteiger partial charge in [-0.1, -0.05) is 0 Å². The normalized spacial score (nSPS) is 11.5. The Hall–Kier alpha value is -3.14. The zero-order valence-corrected chi connectivity index (χ0v) is 13.8. The van der Waals surface area contributed by atoms with Crippen LogP contribution in [0.5, 0.6) is 5.75 Å². The fourth-order valence-corrected chi connectivity index (χ4v) is 3.31. The van der Waals surface area contributed by atoms with E-state index in [-0.39, 0.29) is 22.1 Å².